The molecule has 0 spiro atoms. The van der Waals surface area contributed by atoms with Crippen LogP contribution in [-0.2, 0) is 6.54 Å². The second kappa shape index (κ2) is 6.24. The van der Waals surface area contributed by atoms with E-state index in [9.17, 15) is 0 Å². The Morgan fingerprint density at radius 3 is 2.62 bits per heavy atom. The van der Waals surface area contributed by atoms with Crippen LogP contribution in [0.15, 0.2) is 30.3 Å². The first-order valence-electron chi connectivity index (χ1n) is 5.77. The molecule has 1 aliphatic heterocycles. The van der Waals surface area contributed by atoms with Crippen molar-refractivity contribution in [2.75, 3.05) is 13.1 Å². The Morgan fingerprint density at radius 1 is 1.38 bits per heavy atom. The molecule has 1 aromatic rings. The number of hydrogen-bond acceptors (Lipinski definition) is 2. The van der Waals surface area contributed by atoms with Crippen LogP contribution in [0.5, 0.6) is 0 Å². The summed E-state index contributed by atoms with van der Waals surface area (Å²) in [6, 6.07) is 11.0. The largest absolute Gasteiger partial charge is 0.328 e. The minimum absolute atomic E-state index is 0. The Hall–Kier alpha value is -0.570. The maximum absolute atomic E-state index is 5.93. The van der Waals surface area contributed by atoms with Crippen LogP contribution in [0.2, 0.25) is 0 Å². The zero-order valence-electron chi connectivity index (χ0n) is 9.80. The summed E-state index contributed by atoms with van der Waals surface area (Å²) in [6.45, 7) is 5.55. The lowest BCUT2D eigenvalue weighted by molar-refractivity contribution is 0.308. The molecule has 1 saturated heterocycles. The Labute approximate surface area is 104 Å². The van der Waals surface area contributed by atoms with Gasteiger partial charge < -0.3 is 5.73 Å². The van der Waals surface area contributed by atoms with E-state index in [-0.39, 0.29) is 12.4 Å². The highest BCUT2D eigenvalue weighted by Gasteiger charge is 2.24. The normalized spacial score (nSPS) is 22.8. The van der Waals surface area contributed by atoms with Gasteiger partial charge >= 0.3 is 0 Å². The monoisotopic (exact) mass is 240 g/mol. The van der Waals surface area contributed by atoms with Crippen LogP contribution in [-0.4, -0.2) is 24.0 Å². The van der Waals surface area contributed by atoms with E-state index in [0.717, 1.165) is 13.1 Å². The Kier molecular flexibility index (Phi) is 5.26. The number of nitrogens with two attached hydrogens (primary N) is 1. The molecule has 2 rings (SSSR count). The molecule has 0 aromatic heterocycles. The minimum atomic E-state index is 0. The van der Waals surface area contributed by atoms with E-state index in [1.54, 1.807) is 0 Å². The van der Waals surface area contributed by atoms with Gasteiger partial charge in [-0.2, -0.15) is 0 Å². The molecule has 1 heterocycles. The van der Waals surface area contributed by atoms with Crippen LogP contribution in [0, 0.1) is 5.92 Å². The van der Waals surface area contributed by atoms with E-state index < -0.39 is 0 Å². The molecule has 0 aliphatic carbocycles. The lowest BCUT2D eigenvalue weighted by atomic mass is 10.0. The SMILES string of the molecule is CC(N)C1CCN(Cc2ccccc2)C1.Cl. The summed E-state index contributed by atoms with van der Waals surface area (Å²) in [7, 11) is 0. The molecule has 1 aromatic carbocycles. The number of rotatable bonds is 3. The van der Waals surface area contributed by atoms with Crippen molar-refractivity contribution >= 4 is 12.4 Å². The van der Waals surface area contributed by atoms with Gasteiger partial charge in [0.15, 0.2) is 0 Å². The smallest absolute Gasteiger partial charge is 0.0233 e. The second-order valence-electron chi connectivity index (χ2n) is 4.63. The predicted octanol–water partition coefficient (Wildman–Crippen LogP) is 2.28. The zero-order chi connectivity index (χ0) is 10.7. The Balaban J connectivity index is 0.00000128. The van der Waals surface area contributed by atoms with E-state index in [4.69, 9.17) is 5.73 Å². The summed E-state index contributed by atoms with van der Waals surface area (Å²) in [5.41, 5.74) is 7.33. The third-order valence-electron chi connectivity index (χ3n) is 3.30. The quantitative estimate of drug-likeness (QED) is 0.879. The van der Waals surface area contributed by atoms with Crippen molar-refractivity contribution in [1.29, 1.82) is 0 Å². The summed E-state index contributed by atoms with van der Waals surface area (Å²) in [5.74, 6) is 0.689. The first kappa shape index (κ1) is 13.5. The topological polar surface area (TPSA) is 29.3 Å². The minimum Gasteiger partial charge on any atom is -0.328 e. The highest BCUT2D eigenvalue weighted by molar-refractivity contribution is 5.85. The highest BCUT2D eigenvalue weighted by atomic mass is 35.5. The molecule has 2 unspecified atom stereocenters. The lowest BCUT2D eigenvalue weighted by Crippen LogP contribution is -2.29. The number of benzene rings is 1. The Morgan fingerprint density at radius 2 is 2.06 bits per heavy atom. The molecule has 2 nitrogen and oxygen atoms in total. The van der Waals surface area contributed by atoms with Crippen LogP contribution >= 0.6 is 12.4 Å². The molecular weight excluding hydrogens is 220 g/mol. The molecule has 1 aliphatic rings. The van der Waals surface area contributed by atoms with Crippen molar-refractivity contribution in [3.8, 4) is 0 Å². The highest BCUT2D eigenvalue weighted by Crippen LogP contribution is 2.20. The van der Waals surface area contributed by atoms with Gasteiger partial charge in [0.2, 0.25) is 0 Å². The summed E-state index contributed by atoms with van der Waals surface area (Å²) in [6.07, 6.45) is 1.25. The molecule has 16 heavy (non-hydrogen) atoms. The molecule has 0 saturated carbocycles. The lowest BCUT2D eigenvalue weighted by Gasteiger charge is -2.17. The molecule has 0 radical (unpaired) electrons. The first-order valence-corrected chi connectivity index (χ1v) is 5.77. The van der Waals surface area contributed by atoms with Crippen LogP contribution in [0.25, 0.3) is 0 Å². The summed E-state index contributed by atoms with van der Waals surface area (Å²) in [5, 5.41) is 0. The molecule has 1 fully saturated rings. The first-order chi connectivity index (χ1) is 7.25. The van der Waals surface area contributed by atoms with E-state index >= 15 is 0 Å². The molecule has 2 atom stereocenters. The third-order valence-corrected chi connectivity index (χ3v) is 3.30. The van der Waals surface area contributed by atoms with Gasteiger partial charge in [-0.15, -0.1) is 12.4 Å². The molecule has 90 valence electrons. The average Bonchev–Trinajstić information content (AvgIpc) is 2.68. The molecule has 0 bridgehead atoms. The van der Waals surface area contributed by atoms with Crippen molar-refractivity contribution in [3.63, 3.8) is 0 Å². The predicted molar refractivity (Wildman–Crippen MR) is 70.7 cm³/mol. The number of likely N-dealkylation sites (tertiary alicyclic amines) is 1. The fourth-order valence-electron chi connectivity index (χ4n) is 2.28. The van der Waals surface area contributed by atoms with E-state index in [1.807, 2.05) is 0 Å². The number of halogens is 1. The van der Waals surface area contributed by atoms with Gasteiger partial charge in [0.05, 0.1) is 0 Å². The van der Waals surface area contributed by atoms with Crippen molar-refractivity contribution in [1.82, 2.24) is 4.90 Å². The van der Waals surface area contributed by atoms with Crippen molar-refractivity contribution in [2.24, 2.45) is 11.7 Å². The van der Waals surface area contributed by atoms with Gasteiger partial charge in [0.1, 0.15) is 0 Å². The van der Waals surface area contributed by atoms with Gasteiger partial charge in [-0.05, 0) is 31.4 Å². The number of hydrogen-bond donors (Lipinski definition) is 1. The van der Waals surface area contributed by atoms with E-state index in [2.05, 4.69) is 42.2 Å². The maximum Gasteiger partial charge on any atom is 0.0233 e. The van der Waals surface area contributed by atoms with Crippen molar-refractivity contribution in [3.05, 3.63) is 35.9 Å². The molecule has 2 N–H and O–H groups in total. The van der Waals surface area contributed by atoms with Gasteiger partial charge in [-0.3, -0.25) is 4.90 Å². The van der Waals surface area contributed by atoms with Gasteiger partial charge in [0, 0.05) is 19.1 Å². The average molecular weight is 241 g/mol. The van der Waals surface area contributed by atoms with Crippen LogP contribution in [0.3, 0.4) is 0 Å². The Bertz CT molecular complexity index is 300. The zero-order valence-corrected chi connectivity index (χ0v) is 10.6. The standard InChI is InChI=1S/C13H20N2.ClH/c1-11(14)13-7-8-15(10-13)9-12-5-3-2-4-6-12;/h2-6,11,13H,7-10,14H2,1H3;1H. The van der Waals surface area contributed by atoms with Crippen LogP contribution in [0.4, 0.5) is 0 Å². The van der Waals surface area contributed by atoms with Gasteiger partial charge in [-0.1, -0.05) is 30.3 Å². The van der Waals surface area contributed by atoms with Crippen molar-refractivity contribution in [2.45, 2.75) is 25.9 Å². The third kappa shape index (κ3) is 3.48. The second-order valence-corrected chi connectivity index (χ2v) is 4.63. The van der Waals surface area contributed by atoms with Crippen LogP contribution in [0.1, 0.15) is 18.9 Å². The summed E-state index contributed by atoms with van der Waals surface area (Å²) in [4.78, 5) is 2.50. The van der Waals surface area contributed by atoms with E-state index in [1.165, 1.54) is 18.5 Å². The van der Waals surface area contributed by atoms with E-state index in [0.29, 0.717) is 12.0 Å². The molecule has 0 amide bonds. The molecule has 3 heteroatoms. The fraction of sp³-hybridized carbons (Fsp3) is 0.538. The fourth-order valence-corrected chi connectivity index (χ4v) is 2.28. The van der Waals surface area contributed by atoms with Crippen molar-refractivity contribution < 1.29 is 0 Å². The maximum atomic E-state index is 5.93. The molecular formula is C13H21ClN2. The van der Waals surface area contributed by atoms with Crippen LogP contribution < -0.4 is 5.73 Å². The summed E-state index contributed by atoms with van der Waals surface area (Å²) >= 11 is 0. The number of nitrogens with zero attached hydrogens (tertiary/aromatic N) is 1. The van der Waals surface area contributed by atoms with Gasteiger partial charge in [-0.25, -0.2) is 0 Å². The summed E-state index contributed by atoms with van der Waals surface area (Å²) < 4.78 is 0. The van der Waals surface area contributed by atoms with Gasteiger partial charge in [0.25, 0.3) is 0 Å².